The molecule has 0 heterocycles. The number of nitrogens with two attached hydrogens (primary N) is 1. The summed E-state index contributed by atoms with van der Waals surface area (Å²) in [6.07, 6.45) is 4.49. The zero-order valence-electron chi connectivity index (χ0n) is 8.09. The molecule has 0 aliphatic carbocycles. The van der Waals surface area contributed by atoms with Gasteiger partial charge in [-0.1, -0.05) is 25.8 Å². The molecule has 0 saturated heterocycles. The molecule has 0 atom stereocenters. The fourth-order valence-electron chi connectivity index (χ4n) is 1.36. The molecule has 0 aliphatic heterocycles. The molecule has 1 aromatic carbocycles. The average molecular weight is 179 g/mol. The summed E-state index contributed by atoms with van der Waals surface area (Å²) in [4.78, 5) is 0. The van der Waals surface area contributed by atoms with Crippen molar-refractivity contribution < 1.29 is 5.11 Å². The van der Waals surface area contributed by atoms with Gasteiger partial charge in [-0.05, 0) is 24.5 Å². The maximum absolute atomic E-state index is 9.51. The first kappa shape index (κ1) is 9.90. The van der Waals surface area contributed by atoms with Crippen molar-refractivity contribution >= 4 is 5.69 Å². The second-order valence-corrected chi connectivity index (χ2v) is 3.35. The molecule has 1 rings (SSSR count). The van der Waals surface area contributed by atoms with E-state index in [1.807, 2.05) is 12.1 Å². The van der Waals surface area contributed by atoms with Gasteiger partial charge in [0, 0.05) is 11.8 Å². The number of anilines is 1. The van der Waals surface area contributed by atoms with Gasteiger partial charge in [0.15, 0.2) is 0 Å². The number of rotatable bonds is 4. The Labute approximate surface area is 79.4 Å². The van der Waals surface area contributed by atoms with Crippen molar-refractivity contribution in [3.63, 3.8) is 0 Å². The minimum atomic E-state index is 0.330. The molecule has 0 unspecified atom stereocenters. The van der Waals surface area contributed by atoms with Crippen molar-refractivity contribution in [2.24, 2.45) is 0 Å². The van der Waals surface area contributed by atoms with Crippen molar-refractivity contribution in [2.45, 2.75) is 32.6 Å². The van der Waals surface area contributed by atoms with Crippen LogP contribution in [0.2, 0.25) is 0 Å². The average Bonchev–Trinajstić information content (AvgIpc) is 2.09. The highest BCUT2D eigenvalue weighted by molar-refractivity contribution is 5.47. The quantitative estimate of drug-likeness (QED) is 0.551. The Bertz CT molecular complexity index is 271. The summed E-state index contributed by atoms with van der Waals surface area (Å²) in [5.74, 6) is 0.330. The topological polar surface area (TPSA) is 46.2 Å². The van der Waals surface area contributed by atoms with E-state index in [1.165, 1.54) is 12.8 Å². The molecule has 0 aromatic heterocycles. The third-order valence-electron chi connectivity index (χ3n) is 2.16. The number of benzene rings is 1. The molecule has 0 fully saturated rings. The summed E-state index contributed by atoms with van der Waals surface area (Å²) in [7, 11) is 0. The molecule has 0 amide bonds. The van der Waals surface area contributed by atoms with E-state index >= 15 is 0 Å². The van der Waals surface area contributed by atoms with Crippen molar-refractivity contribution in [1.29, 1.82) is 0 Å². The highest BCUT2D eigenvalue weighted by Crippen LogP contribution is 2.21. The Hall–Kier alpha value is -1.18. The minimum absolute atomic E-state index is 0.330. The summed E-state index contributed by atoms with van der Waals surface area (Å²) in [5, 5.41) is 9.51. The Balaban J connectivity index is 2.56. The largest absolute Gasteiger partial charge is 0.508 e. The highest BCUT2D eigenvalue weighted by atomic mass is 16.3. The van der Waals surface area contributed by atoms with Gasteiger partial charge in [0.25, 0.3) is 0 Å². The number of aromatic hydroxyl groups is 1. The zero-order valence-corrected chi connectivity index (χ0v) is 8.09. The summed E-state index contributed by atoms with van der Waals surface area (Å²) in [6, 6.07) is 5.35. The first-order valence-electron chi connectivity index (χ1n) is 4.81. The molecule has 72 valence electrons. The predicted molar refractivity (Wildman–Crippen MR) is 55.7 cm³/mol. The van der Waals surface area contributed by atoms with E-state index in [1.54, 1.807) is 6.07 Å². The second-order valence-electron chi connectivity index (χ2n) is 3.35. The fraction of sp³-hybridized carbons (Fsp3) is 0.455. The molecule has 2 nitrogen and oxygen atoms in total. The van der Waals surface area contributed by atoms with Gasteiger partial charge in [-0.2, -0.15) is 0 Å². The molecular weight excluding hydrogens is 162 g/mol. The number of phenolic OH excluding ortho intramolecular Hbond substituents is 1. The lowest BCUT2D eigenvalue weighted by atomic mass is 10.1. The van der Waals surface area contributed by atoms with Crippen molar-refractivity contribution in [1.82, 2.24) is 0 Å². The second kappa shape index (κ2) is 4.75. The fourth-order valence-corrected chi connectivity index (χ4v) is 1.36. The van der Waals surface area contributed by atoms with Crippen LogP contribution in [0.1, 0.15) is 31.7 Å². The van der Waals surface area contributed by atoms with Crippen molar-refractivity contribution in [3.8, 4) is 5.75 Å². The van der Waals surface area contributed by atoms with Crippen LogP contribution in [-0.4, -0.2) is 5.11 Å². The van der Waals surface area contributed by atoms with Gasteiger partial charge in [-0.25, -0.2) is 0 Å². The van der Waals surface area contributed by atoms with Crippen LogP contribution in [0, 0.1) is 0 Å². The number of phenols is 1. The molecule has 0 spiro atoms. The lowest BCUT2D eigenvalue weighted by Crippen LogP contribution is -1.89. The Morgan fingerprint density at radius 1 is 1.31 bits per heavy atom. The Kier molecular flexibility index (Phi) is 3.62. The SMILES string of the molecule is CCCCCc1ccc(N)cc1O. The van der Waals surface area contributed by atoms with Crippen molar-refractivity contribution in [2.75, 3.05) is 5.73 Å². The number of hydrogen-bond donors (Lipinski definition) is 2. The van der Waals surface area contributed by atoms with Crippen LogP contribution in [0.5, 0.6) is 5.75 Å². The van der Waals surface area contributed by atoms with Crippen LogP contribution in [0.15, 0.2) is 18.2 Å². The molecule has 1 aromatic rings. The molecule has 13 heavy (non-hydrogen) atoms. The van der Waals surface area contributed by atoms with Crippen LogP contribution in [0.3, 0.4) is 0 Å². The van der Waals surface area contributed by atoms with Crippen LogP contribution < -0.4 is 5.73 Å². The summed E-state index contributed by atoms with van der Waals surface area (Å²) in [5.41, 5.74) is 7.15. The first-order chi connectivity index (χ1) is 6.24. The van der Waals surface area contributed by atoms with E-state index in [4.69, 9.17) is 5.73 Å². The third kappa shape index (κ3) is 2.98. The van der Waals surface area contributed by atoms with E-state index < -0.39 is 0 Å². The standard InChI is InChI=1S/C11H17NO/c1-2-3-4-5-9-6-7-10(12)8-11(9)13/h6-8,13H,2-5,12H2,1H3. The van der Waals surface area contributed by atoms with Crippen LogP contribution in [-0.2, 0) is 6.42 Å². The van der Waals surface area contributed by atoms with Gasteiger partial charge in [0.2, 0.25) is 0 Å². The summed E-state index contributed by atoms with van der Waals surface area (Å²) in [6.45, 7) is 2.17. The van der Waals surface area contributed by atoms with Gasteiger partial charge in [0.05, 0.1) is 0 Å². The number of unbranched alkanes of at least 4 members (excludes halogenated alkanes) is 2. The molecule has 0 bridgehead atoms. The van der Waals surface area contributed by atoms with Gasteiger partial charge in [0.1, 0.15) is 5.75 Å². The number of nitrogen functional groups attached to an aromatic ring is 1. The molecule has 2 heteroatoms. The van der Waals surface area contributed by atoms with E-state index in [-0.39, 0.29) is 0 Å². The Morgan fingerprint density at radius 3 is 2.69 bits per heavy atom. The number of hydrogen-bond acceptors (Lipinski definition) is 2. The third-order valence-corrected chi connectivity index (χ3v) is 2.16. The lowest BCUT2D eigenvalue weighted by Gasteiger charge is -2.04. The Morgan fingerprint density at radius 2 is 2.08 bits per heavy atom. The monoisotopic (exact) mass is 179 g/mol. The molecule has 0 saturated carbocycles. The smallest absolute Gasteiger partial charge is 0.120 e. The highest BCUT2D eigenvalue weighted by Gasteiger charge is 2.00. The predicted octanol–water partition coefficient (Wildman–Crippen LogP) is 2.71. The van der Waals surface area contributed by atoms with Crippen LogP contribution >= 0.6 is 0 Å². The normalized spacial score (nSPS) is 10.2. The maximum Gasteiger partial charge on any atom is 0.120 e. The maximum atomic E-state index is 9.51. The van der Waals surface area contributed by atoms with E-state index in [0.29, 0.717) is 11.4 Å². The van der Waals surface area contributed by atoms with Gasteiger partial charge in [-0.3, -0.25) is 0 Å². The van der Waals surface area contributed by atoms with E-state index in [9.17, 15) is 5.11 Å². The van der Waals surface area contributed by atoms with Gasteiger partial charge in [-0.15, -0.1) is 0 Å². The summed E-state index contributed by atoms with van der Waals surface area (Å²) < 4.78 is 0. The molecule has 0 radical (unpaired) electrons. The molecule has 0 aliphatic rings. The lowest BCUT2D eigenvalue weighted by molar-refractivity contribution is 0.467. The molecular formula is C11H17NO. The molecule has 3 N–H and O–H groups in total. The minimum Gasteiger partial charge on any atom is -0.508 e. The zero-order chi connectivity index (χ0) is 9.68. The van der Waals surface area contributed by atoms with Crippen LogP contribution in [0.25, 0.3) is 0 Å². The van der Waals surface area contributed by atoms with Crippen molar-refractivity contribution in [3.05, 3.63) is 23.8 Å². The number of aryl methyl sites for hydroxylation is 1. The first-order valence-corrected chi connectivity index (χ1v) is 4.81. The van der Waals surface area contributed by atoms with Gasteiger partial charge < -0.3 is 10.8 Å². The van der Waals surface area contributed by atoms with E-state index in [2.05, 4.69) is 6.92 Å². The summed E-state index contributed by atoms with van der Waals surface area (Å²) >= 11 is 0. The van der Waals surface area contributed by atoms with Crippen LogP contribution in [0.4, 0.5) is 5.69 Å². The van der Waals surface area contributed by atoms with Gasteiger partial charge >= 0.3 is 0 Å². The van der Waals surface area contributed by atoms with E-state index in [0.717, 1.165) is 18.4 Å².